The predicted molar refractivity (Wildman–Crippen MR) is 60.6 cm³/mol. The molecule has 15 heavy (non-hydrogen) atoms. The second-order valence-corrected chi connectivity index (χ2v) is 6.14. The molecule has 1 unspecified atom stereocenters. The van der Waals surface area contributed by atoms with Crippen LogP contribution in [0, 0.1) is 0 Å². The lowest BCUT2D eigenvalue weighted by Crippen LogP contribution is -2.41. The highest BCUT2D eigenvalue weighted by molar-refractivity contribution is 8.00. The van der Waals surface area contributed by atoms with Crippen molar-refractivity contribution in [3.63, 3.8) is 0 Å². The number of carbonyl (C=O) groups is 2. The summed E-state index contributed by atoms with van der Waals surface area (Å²) >= 11 is 1.87. The summed E-state index contributed by atoms with van der Waals surface area (Å²) in [6, 6.07) is 0. The molecule has 0 aromatic carbocycles. The van der Waals surface area contributed by atoms with Crippen LogP contribution < -0.4 is 0 Å². The summed E-state index contributed by atoms with van der Waals surface area (Å²) in [5, 5.41) is 0. The average Bonchev–Trinajstić information content (AvgIpc) is 2.68. The Labute approximate surface area is 93.9 Å². The summed E-state index contributed by atoms with van der Waals surface area (Å²) in [5.41, 5.74) is 0.562. The highest BCUT2D eigenvalue weighted by atomic mass is 32.2. The van der Waals surface area contributed by atoms with Crippen molar-refractivity contribution in [2.24, 2.45) is 0 Å². The molecular weight excluding hydrogens is 210 g/mol. The molecule has 3 nitrogen and oxygen atoms in total. The first-order valence-corrected chi connectivity index (χ1v) is 6.18. The Bertz CT molecular complexity index is 342. The predicted octanol–water partition coefficient (Wildman–Crippen LogP) is 1.59. The van der Waals surface area contributed by atoms with Gasteiger partial charge >= 0.3 is 0 Å². The lowest BCUT2D eigenvalue weighted by atomic mass is 10.1. The number of carbonyl (C=O) groups excluding carboxylic acids is 2. The monoisotopic (exact) mass is 225 g/mol. The van der Waals surface area contributed by atoms with Gasteiger partial charge in [0.15, 0.2) is 0 Å². The highest BCUT2D eigenvalue weighted by Gasteiger charge is 2.37. The topological polar surface area (TPSA) is 37.4 Å². The number of amides is 2. The molecule has 2 aliphatic heterocycles. The van der Waals surface area contributed by atoms with Crippen LogP contribution in [0.4, 0.5) is 0 Å². The van der Waals surface area contributed by atoms with Crippen LogP contribution in [0.5, 0.6) is 0 Å². The molecular formula is C11H15NO2S. The molecule has 1 fully saturated rings. The molecule has 4 heteroatoms. The van der Waals surface area contributed by atoms with Gasteiger partial charge in [-0.2, -0.15) is 11.8 Å². The summed E-state index contributed by atoms with van der Waals surface area (Å²) in [6.07, 6.45) is 3.71. The number of hydrogen-bond donors (Lipinski definition) is 0. The molecule has 0 aliphatic carbocycles. The normalized spacial score (nSPS) is 31.3. The van der Waals surface area contributed by atoms with Crippen molar-refractivity contribution in [2.75, 3.05) is 12.3 Å². The first kappa shape index (κ1) is 10.7. The van der Waals surface area contributed by atoms with Crippen LogP contribution in [-0.4, -0.2) is 33.8 Å². The number of hydrogen-bond acceptors (Lipinski definition) is 3. The smallest absolute Gasteiger partial charge is 0.256 e. The summed E-state index contributed by atoms with van der Waals surface area (Å²) in [4.78, 5) is 24.6. The van der Waals surface area contributed by atoms with Gasteiger partial charge in [-0.3, -0.25) is 14.5 Å². The fourth-order valence-corrected chi connectivity index (χ4v) is 3.37. The van der Waals surface area contributed by atoms with E-state index in [-0.39, 0.29) is 16.6 Å². The number of nitrogens with zero attached hydrogens (tertiary/aromatic N) is 1. The standard InChI is InChI=1S/C11H15NO2S/c1-8-6-9(13)12(10(8)14)7-11(2)4-3-5-15-11/h6H,3-5,7H2,1-2H3. The van der Waals surface area contributed by atoms with Crippen LogP contribution in [0.25, 0.3) is 0 Å². The molecule has 1 atom stereocenters. The summed E-state index contributed by atoms with van der Waals surface area (Å²) in [5.74, 6) is 0.874. The van der Waals surface area contributed by atoms with Gasteiger partial charge in [-0.1, -0.05) is 0 Å². The van der Waals surface area contributed by atoms with Gasteiger partial charge in [-0.15, -0.1) is 0 Å². The zero-order chi connectivity index (χ0) is 11.1. The van der Waals surface area contributed by atoms with Crippen LogP contribution in [0.15, 0.2) is 11.6 Å². The number of thioether (sulfide) groups is 1. The molecule has 0 bridgehead atoms. The maximum Gasteiger partial charge on any atom is 0.256 e. The van der Waals surface area contributed by atoms with Gasteiger partial charge in [0.05, 0.1) is 0 Å². The van der Waals surface area contributed by atoms with E-state index in [1.807, 2.05) is 11.8 Å². The van der Waals surface area contributed by atoms with Crippen molar-refractivity contribution in [3.05, 3.63) is 11.6 Å². The summed E-state index contributed by atoms with van der Waals surface area (Å²) in [7, 11) is 0. The Kier molecular flexibility index (Phi) is 2.63. The van der Waals surface area contributed by atoms with Crippen molar-refractivity contribution in [1.82, 2.24) is 4.90 Å². The van der Waals surface area contributed by atoms with Gasteiger partial charge in [-0.25, -0.2) is 0 Å². The van der Waals surface area contributed by atoms with Gasteiger partial charge in [0.2, 0.25) is 0 Å². The molecule has 2 amide bonds. The molecule has 0 spiro atoms. The van der Waals surface area contributed by atoms with Crippen LogP contribution in [-0.2, 0) is 9.59 Å². The first-order valence-electron chi connectivity index (χ1n) is 5.20. The largest absolute Gasteiger partial charge is 0.274 e. The lowest BCUT2D eigenvalue weighted by molar-refractivity contribution is -0.137. The second kappa shape index (κ2) is 3.67. The highest BCUT2D eigenvalue weighted by Crippen LogP contribution is 2.38. The van der Waals surface area contributed by atoms with E-state index < -0.39 is 0 Å². The number of imide groups is 1. The van der Waals surface area contributed by atoms with E-state index in [0.717, 1.165) is 12.2 Å². The molecule has 0 aromatic rings. The van der Waals surface area contributed by atoms with E-state index in [4.69, 9.17) is 0 Å². The minimum atomic E-state index is -0.147. The molecule has 2 heterocycles. The molecule has 0 radical (unpaired) electrons. The van der Waals surface area contributed by atoms with Gasteiger partial charge < -0.3 is 0 Å². The average molecular weight is 225 g/mol. The minimum absolute atomic E-state index is 0.0732. The Balaban J connectivity index is 2.07. The molecule has 1 saturated heterocycles. The SMILES string of the molecule is CC1=CC(=O)N(CC2(C)CCCS2)C1=O. The van der Waals surface area contributed by atoms with E-state index in [0.29, 0.717) is 12.1 Å². The number of rotatable bonds is 2. The van der Waals surface area contributed by atoms with Gasteiger partial charge in [0.1, 0.15) is 0 Å². The van der Waals surface area contributed by atoms with Crippen molar-refractivity contribution >= 4 is 23.6 Å². The fourth-order valence-electron chi connectivity index (χ4n) is 2.08. The Morgan fingerprint density at radius 3 is 2.73 bits per heavy atom. The van der Waals surface area contributed by atoms with Crippen molar-refractivity contribution in [2.45, 2.75) is 31.4 Å². The third-order valence-corrected chi connectivity index (χ3v) is 4.50. The van der Waals surface area contributed by atoms with E-state index >= 15 is 0 Å². The van der Waals surface area contributed by atoms with Gasteiger partial charge in [0, 0.05) is 22.9 Å². The van der Waals surface area contributed by atoms with E-state index in [1.54, 1.807) is 6.92 Å². The molecule has 2 aliphatic rings. The zero-order valence-corrected chi connectivity index (χ0v) is 9.89. The lowest BCUT2D eigenvalue weighted by Gasteiger charge is -2.27. The van der Waals surface area contributed by atoms with E-state index in [2.05, 4.69) is 6.92 Å². The first-order chi connectivity index (χ1) is 7.02. The van der Waals surface area contributed by atoms with E-state index in [1.165, 1.54) is 17.4 Å². The fraction of sp³-hybridized carbons (Fsp3) is 0.636. The zero-order valence-electron chi connectivity index (χ0n) is 9.08. The summed E-state index contributed by atoms with van der Waals surface area (Å²) < 4.78 is 0.0732. The molecule has 0 aromatic heterocycles. The Hall–Kier alpha value is -0.770. The van der Waals surface area contributed by atoms with Crippen LogP contribution in [0.1, 0.15) is 26.7 Å². The molecule has 0 saturated carbocycles. The Morgan fingerprint density at radius 2 is 2.27 bits per heavy atom. The van der Waals surface area contributed by atoms with E-state index in [9.17, 15) is 9.59 Å². The Morgan fingerprint density at radius 1 is 1.53 bits per heavy atom. The van der Waals surface area contributed by atoms with Crippen molar-refractivity contribution in [3.8, 4) is 0 Å². The quantitative estimate of drug-likeness (QED) is 0.670. The van der Waals surface area contributed by atoms with Gasteiger partial charge in [0.25, 0.3) is 11.8 Å². The molecule has 0 N–H and O–H groups in total. The molecule has 82 valence electrons. The maximum atomic E-state index is 11.7. The second-order valence-electron chi connectivity index (χ2n) is 4.46. The molecule has 2 rings (SSSR count). The minimum Gasteiger partial charge on any atom is -0.274 e. The third kappa shape index (κ3) is 1.95. The van der Waals surface area contributed by atoms with Gasteiger partial charge in [-0.05, 0) is 32.4 Å². The van der Waals surface area contributed by atoms with Crippen LogP contribution >= 0.6 is 11.8 Å². The van der Waals surface area contributed by atoms with Crippen LogP contribution in [0.2, 0.25) is 0 Å². The third-order valence-electron chi connectivity index (χ3n) is 2.98. The van der Waals surface area contributed by atoms with Crippen molar-refractivity contribution < 1.29 is 9.59 Å². The van der Waals surface area contributed by atoms with Crippen molar-refractivity contribution in [1.29, 1.82) is 0 Å². The van der Waals surface area contributed by atoms with Crippen LogP contribution in [0.3, 0.4) is 0 Å². The summed E-state index contributed by atoms with van der Waals surface area (Å²) in [6.45, 7) is 4.40. The maximum absolute atomic E-state index is 11.7.